The molecule has 0 spiro atoms. The minimum atomic E-state index is -0.592. The van der Waals surface area contributed by atoms with Crippen molar-refractivity contribution in [1.29, 1.82) is 0 Å². The van der Waals surface area contributed by atoms with Crippen LogP contribution >= 0.6 is 35.1 Å². The van der Waals surface area contributed by atoms with Gasteiger partial charge in [0.25, 0.3) is 0 Å². The van der Waals surface area contributed by atoms with Crippen LogP contribution in [0.2, 0.25) is 10.0 Å². The van der Waals surface area contributed by atoms with Crippen molar-refractivity contribution < 1.29 is 9.13 Å². The maximum Gasteiger partial charge on any atom is 0.228 e. The van der Waals surface area contributed by atoms with Gasteiger partial charge in [0.15, 0.2) is 11.6 Å². The Bertz CT molecular complexity index is 1390. The predicted molar refractivity (Wildman–Crippen MR) is 148 cm³/mol. The molecule has 0 atom stereocenters. The van der Waals surface area contributed by atoms with Crippen LogP contribution < -0.4 is 14.8 Å². The monoisotopic (exact) mass is 555 g/mol. The normalized spacial score (nSPS) is 13.8. The molecule has 1 aliphatic carbocycles. The van der Waals surface area contributed by atoms with Crippen molar-refractivity contribution in [3.8, 4) is 22.9 Å². The third kappa shape index (κ3) is 6.44. The number of pyridine rings is 1. The molecule has 0 radical (unpaired) electrons. The Balaban J connectivity index is 1.34. The summed E-state index contributed by atoms with van der Waals surface area (Å²) in [7, 11) is 0. The molecule has 5 rings (SSSR count). The fraction of sp³-hybridized carbons (Fsp3) is 0.222. The van der Waals surface area contributed by atoms with Crippen LogP contribution in [-0.2, 0) is 0 Å². The van der Waals surface area contributed by atoms with Crippen LogP contribution in [0.25, 0.3) is 11.3 Å². The van der Waals surface area contributed by atoms with Gasteiger partial charge in [0.1, 0.15) is 0 Å². The van der Waals surface area contributed by atoms with Crippen molar-refractivity contribution in [2.24, 2.45) is 0 Å². The molecule has 1 saturated carbocycles. The molecule has 1 aliphatic rings. The average Bonchev–Trinajstić information content (AvgIpc) is 2.92. The number of aromatic nitrogens is 3. The Hall–Kier alpha value is -3.07. The molecule has 2 aromatic carbocycles. The molecule has 0 bridgehead atoms. The van der Waals surface area contributed by atoms with E-state index in [-0.39, 0.29) is 16.7 Å². The summed E-state index contributed by atoms with van der Waals surface area (Å²) < 4.78 is 24.0. The third-order valence-corrected chi connectivity index (χ3v) is 7.63. The topological polar surface area (TPSA) is 72.0 Å². The van der Waals surface area contributed by atoms with E-state index in [1.54, 1.807) is 30.6 Å². The van der Waals surface area contributed by atoms with Crippen molar-refractivity contribution >= 4 is 46.8 Å². The highest BCUT2D eigenvalue weighted by molar-refractivity contribution is 8.00. The van der Waals surface area contributed by atoms with Crippen LogP contribution in [0.3, 0.4) is 0 Å². The van der Waals surface area contributed by atoms with Gasteiger partial charge in [-0.05, 0) is 55.1 Å². The van der Waals surface area contributed by atoms with Gasteiger partial charge in [-0.15, -0.1) is 0 Å². The molecule has 0 aliphatic heterocycles. The minimum Gasteiger partial charge on any atom is -0.435 e. The van der Waals surface area contributed by atoms with Crippen LogP contribution in [0, 0.1) is 5.82 Å². The molecule has 10 heteroatoms. The number of benzene rings is 2. The highest BCUT2D eigenvalue weighted by Crippen LogP contribution is 2.37. The lowest BCUT2D eigenvalue weighted by molar-refractivity contribution is 0.429. The first-order chi connectivity index (χ1) is 18.1. The first-order valence-electron chi connectivity index (χ1n) is 12.0. The second-order valence-corrected chi connectivity index (χ2v) is 10.3. The van der Waals surface area contributed by atoms with Crippen LogP contribution in [0.15, 0.2) is 71.9 Å². The van der Waals surface area contributed by atoms with Gasteiger partial charge in [-0.2, -0.15) is 0 Å². The van der Waals surface area contributed by atoms with E-state index in [0.717, 1.165) is 17.7 Å². The number of hydrogen-bond acceptors (Lipinski definition) is 7. The molecule has 4 aromatic rings. The van der Waals surface area contributed by atoms with Gasteiger partial charge in [0.2, 0.25) is 11.8 Å². The first kappa shape index (κ1) is 25.6. The Labute approximate surface area is 229 Å². The number of rotatable bonds is 8. The number of ether oxygens (including phenoxy) is 1. The van der Waals surface area contributed by atoms with E-state index < -0.39 is 5.82 Å². The lowest BCUT2D eigenvalue weighted by Gasteiger charge is -2.22. The summed E-state index contributed by atoms with van der Waals surface area (Å²) in [5, 5.41) is 4.30. The number of nitrogens with zero attached hydrogens (tertiary/aromatic N) is 3. The first-order valence-corrected chi connectivity index (χ1v) is 13.5. The predicted octanol–water partition coefficient (Wildman–Crippen LogP) is 8.64. The third-order valence-electron chi connectivity index (χ3n) is 5.98. The smallest absolute Gasteiger partial charge is 0.228 e. The second-order valence-electron chi connectivity index (χ2n) is 8.60. The molecular formula is C27H24Cl2FN5OS. The second kappa shape index (κ2) is 12.0. The summed E-state index contributed by atoms with van der Waals surface area (Å²) in [5.74, 6) is 0.129. The Kier molecular flexibility index (Phi) is 8.28. The van der Waals surface area contributed by atoms with Crippen molar-refractivity contribution in [1.82, 2.24) is 15.0 Å². The minimum absolute atomic E-state index is 0.0483. The number of anilines is 2. The average molecular weight is 556 g/mol. The fourth-order valence-electron chi connectivity index (χ4n) is 4.10. The standard InChI is InChI=1S/C27H24Cl2FN5OS/c28-19-10-4-5-11-25(19)37-35-23-16-21(30)24(15-20(23)29)36-26-18(9-6-13-31-26)22-12-14-32-27(34-22)33-17-7-2-1-3-8-17/h4-6,9-17,35H,1-3,7-8H2,(H,32,33,34). The van der Waals surface area contributed by atoms with Crippen LogP contribution in [0.4, 0.5) is 16.0 Å². The Morgan fingerprint density at radius 1 is 0.919 bits per heavy atom. The Morgan fingerprint density at radius 3 is 2.59 bits per heavy atom. The van der Waals surface area contributed by atoms with Crippen LogP contribution in [0.1, 0.15) is 32.1 Å². The molecule has 0 saturated heterocycles. The molecule has 0 amide bonds. The summed E-state index contributed by atoms with van der Waals surface area (Å²) in [4.78, 5) is 14.2. The van der Waals surface area contributed by atoms with Crippen molar-refractivity contribution in [3.05, 3.63) is 82.9 Å². The summed E-state index contributed by atoms with van der Waals surface area (Å²) >= 11 is 13.9. The van der Waals surface area contributed by atoms with Gasteiger partial charge in [-0.25, -0.2) is 19.3 Å². The van der Waals surface area contributed by atoms with E-state index in [1.165, 1.54) is 43.3 Å². The van der Waals surface area contributed by atoms with E-state index in [2.05, 4.69) is 25.0 Å². The highest BCUT2D eigenvalue weighted by Gasteiger charge is 2.18. The summed E-state index contributed by atoms with van der Waals surface area (Å²) in [5.41, 5.74) is 1.63. The van der Waals surface area contributed by atoms with Gasteiger partial charge in [0.05, 0.1) is 27.0 Å². The van der Waals surface area contributed by atoms with Crippen molar-refractivity contribution in [2.45, 2.75) is 43.0 Å². The lowest BCUT2D eigenvalue weighted by atomic mass is 9.96. The van der Waals surface area contributed by atoms with Gasteiger partial charge in [-0.3, -0.25) is 0 Å². The SMILES string of the molecule is Fc1cc(NSc2ccccc2Cl)c(Cl)cc1Oc1ncccc1-c1ccnc(NC2CCCCC2)n1. The van der Waals surface area contributed by atoms with Crippen molar-refractivity contribution in [2.75, 3.05) is 10.0 Å². The molecule has 1 fully saturated rings. The van der Waals surface area contributed by atoms with E-state index in [1.807, 2.05) is 24.3 Å². The van der Waals surface area contributed by atoms with E-state index >= 15 is 4.39 Å². The number of halogens is 3. The highest BCUT2D eigenvalue weighted by atomic mass is 35.5. The summed E-state index contributed by atoms with van der Waals surface area (Å²) in [6.07, 6.45) is 9.18. The fourth-order valence-corrected chi connectivity index (χ4v) is 5.31. The van der Waals surface area contributed by atoms with E-state index in [0.29, 0.717) is 34.0 Å². The van der Waals surface area contributed by atoms with E-state index in [9.17, 15) is 0 Å². The zero-order valence-corrected chi connectivity index (χ0v) is 22.1. The number of hydrogen-bond donors (Lipinski definition) is 2. The van der Waals surface area contributed by atoms with Gasteiger partial charge >= 0.3 is 0 Å². The van der Waals surface area contributed by atoms with Gasteiger partial charge in [-0.1, -0.05) is 54.6 Å². The zero-order valence-electron chi connectivity index (χ0n) is 19.8. The molecule has 2 heterocycles. The summed E-state index contributed by atoms with van der Waals surface area (Å²) in [6, 6.07) is 15.8. The maximum atomic E-state index is 15.1. The molecule has 190 valence electrons. The van der Waals surface area contributed by atoms with Crippen molar-refractivity contribution in [3.63, 3.8) is 0 Å². The van der Waals surface area contributed by atoms with Crippen LogP contribution in [-0.4, -0.2) is 21.0 Å². The molecule has 0 unspecified atom stereocenters. The largest absolute Gasteiger partial charge is 0.435 e. The van der Waals surface area contributed by atoms with E-state index in [4.69, 9.17) is 27.9 Å². The molecular weight excluding hydrogens is 532 g/mol. The van der Waals surface area contributed by atoms with Crippen LogP contribution in [0.5, 0.6) is 11.6 Å². The Morgan fingerprint density at radius 2 is 1.76 bits per heavy atom. The zero-order chi connectivity index (χ0) is 25.6. The number of nitrogens with one attached hydrogen (secondary N) is 2. The van der Waals surface area contributed by atoms with Gasteiger partial charge in [0, 0.05) is 35.5 Å². The summed E-state index contributed by atoms with van der Waals surface area (Å²) in [6.45, 7) is 0. The maximum absolute atomic E-state index is 15.1. The molecule has 2 N–H and O–H groups in total. The lowest BCUT2D eigenvalue weighted by Crippen LogP contribution is -2.23. The molecule has 6 nitrogen and oxygen atoms in total. The molecule has 2 aromatic heterocycles. The molecule has 37 heavy (non-hydrogen) atoms. The quantitative estimate of drug-likeness (QED) is 0.211. The van der Waals surface area contributed by atoms with Gasteiger partial charge < -0.3 is 14.8 Å².